The molecule has 2 aliphatic rings. The number of nitrogens with one attached hydrogen (secondary N) is 1. The first-order valence-corrected chi connectivity index (χ1v) is 3.88. The van der Waals surface area contributed by atoms with Gasteiger partial charge >= 0.3 is 0 Å². The fourth-order valence-electron chi connectivity index (χ4n) is 2.04. The number of rotatable bonds is 0. The highest BCUT2D eigenvalue weighted by molar-refractivity contribution is 4.97. The molecule has 10 heavy (non-hydrogen) atoms. The Morgan fingerprint density at radius 2 is 1.90 bits per heavy atom. The van der Waals surface area contributed by atoms with Crippen LogP contribution in [0, 0.1) is 0 Å². The quantitative estimate of drug-likeness (QED) is 0.417. The summed E-state index contributed by atoms with van der Waals surface area (Å²) < 4.78 is 0. The summed E-state index contributed by atoms with van der Waals surface area (Å²) in [6.07, 6.45) is 1.95. The molecule has 0 radical (unpaired) electrons. The summed E-state index contributed by atoms with van der Waals surface area (Å²) in [5.74, 6) is 0. The van der Waals surface area contributed by atoms with Gasteiger partial charge in [-0.3, -0.25) is 0 Å². The highest BCUT2D eigenvalue weighted by Crippen LogP contribution is 2.26. The summed E-state index contributed by atoms with van der Waals surface area (Å²) in [6.45, 7) is 0. The average Bonchev–Trinajstić information content (AvgIpc) is 2.07. The Labute approximate surface area is 60.1 Å². The van der Waals surface area contributed by atoms with Gasteiger partial charge in [0.2, 0.25) is 0 Å². The molecule has 4 atom stereocenters. The molecule has 2 heterocycles. The van der Waals surface area contributed by atoms with Crippen molar-refractivity contribution in [2.75, 3.05) is 0 Å². The van der Waals surface area contributed by atoms with E-state index in [0.29, 0.717) is 6.04 Å². The zero-order chi connectivity index (χ0) is 7.14. The lowest BCUT2D eigenvalue weighted by Crippen LogP contribution is -2.42. The molecule has 2 unspecified atom stereocenters. The van der Waals surface area contributed by atoms with Gasteiger partial charge in [-0.1, -0.05) is 0 Å². The van der Waals surface area contributed by atoms with Crippen molar-refractivity contribution in [1.29, 1.82) is 0 Å². The Balaban J connectivity index is 2.06. The summed E-state index contributed by atoms with van der Waals surface area (Å²) >= 11 is 0. The van der Waals surface area contributed by atoms with E-state index >= 15 is 0 Å². The predicted octanol–water partition coefficient (Wildman–Crippen LogP) is -0.768. The Hall–Kier alpha value is -0.120. The second-order valence-corrected chi connectivity index (χ2v) is 3.40. The first-order chi connectivity index (χ1) is 4.75. The first-order valence-electron chi connectivity index (χ1n) is 3.88. The van der Waals surface area contributed by atoms with Crippen LogP contribution in [0.4, 0.5) is 0 Å². The molecular weight excluding hydrogens is 130 g/mol. The summed E-state index contributed by atoms with van der Waals surface area (Å²) in [5.41, 5.74) is 0. The van der Waals surface area contributed by atoms with Crippen LogP contribution in [0.1, 0.15) is 19.3 Å². The van der Waals surface area contributed by atoms with Gasteiger partial charge in [0.25, 0.3) is 0 Å². The predicted molar refractivity (Wildman–Crippen MR) is 36.6 cm³/mol. The summed E-state index contributed by atoms with van der Waals surface area (Å²) in [4.78, 5) is 0. The molecule has 2 bridgehead atoms. The molecular formula is C7H13NO2. The van der Waals surface area contributed by atoms with Crippen molar-refractivity contribution >= 4 is 0 Å². The molecule has 0 aromatic rings. The fraction of sp³-hybridized carbons (Fsp3) is 1.00. The molecule has 0 aliphatic carbocycles. The van der Waals surface area contributed by atoms with Crippen LogP contribution in [-0.2, 0) is 0 Å². The van der Waals surface area contributed by atoms with Gasteiger partial charge in [-0.05, 0) is 19.3 Å². The maximum absolute atomic E-state index is 9.34. The third-order valence-electron chi connectivity index (χ3n) is 2.52. The van der Waals surface area contributed by atoms with Gasteiger partial charge < -0.3 is 15.5 Å². The third-order valence-corrected chi connectivity index (χ3v) is 2.52. The van der Waals surface area contributed by atoms with Gasteiger partial charge in [0.1, 0.15) is 0 Å². The zero-order valence-corrected chi connectivity index (χ0v) is 5.83. The smallest absolute Gasteiger partial charge is 0.0709 e. The van der Waals surface area contributed by atoms with E-state index in [2.05, 4.69) is 5.32 Å². The van der Waals surface area contributed by atoms with E-state index in [1.54, 1.807) is 0 Å². The number of fused-ring (bicyclic) bond motifs is 2. The minimum Gasteiger partial charge on any atom is -0.393 e. The number of hydrogen-bond acceptors (Lipinski definition) is 3. The van der Waals surface area contributed by atoms with E-state index < -0.39 is 0 Å². The van der Waals surface area contributed by atoms with Crippen LogP contribution in [0.3, 0.4) is 0 Å². The van der Waals surface area contributed by atoms with Crippen LogP contribution < -0.4 is 5.32 Å². The molecule has 0 amide bonds. The van der Waals surface area contributed by atoms with Crippen LogP contribution in [0.2, 0.25) is 0 Å². The number of piperidine rings is 1. The van der Waals surface area contributed by atoms with E-state index in [4.69, 9.17) is 0 Å². The van der Waals surface area contributed by atoms with Gasteiger partial charge in [-0.2, -0.15) is 0 Å². The minimum atomic E-state index is -0.220. The lowest BCUT2D eigenvalue weighted by Gasteiger charge is -2.25. The zero-order valence-electron chi connectivity index (χ0n) is 5.83. The summed E-state index contributed by atoms with van der Waals surface area (Å²) in [6, 6.07) is 0.525. The summed E-state index contributed by atoms with van der Waals surface area (Å²) in [5, 5.41) is 21.9. The van der Waals surface area contributed by atoms with E-state index in [1.807, 2.05) is 0 Å². The van der Waals surface area contributed by atoms with Crippen molar-refractivity contribution in [3.8, 4) is 0 Å². The second-order valence-electron chi connectivity index (χ2n) is 3.40. The number of hydrogen-bond donors (Lipinski definition) is 3. The lowest BCUT2D eigenvalue weighted by atomic mass is 10.0. The highest BCUT2D eigenvalue weighted by Gasteiger charge is 2.38. The van der Waals surface area contributed by atoms with Crippen LogP contribution in [0.25, 0.3) is 0 Å². The van der Waals surface area contributed by atoms with Crippen molar-refractivity contribution in [3.63, 3.8) is 0 Å². The molecule has 2 rings (SSSR count). The molecule has 0 spiro atoms. The SMILES string of the molecule is O[C@@H]1CC2C[C@H](O)C(C1)N2. The van der Waals surface area contributed by atoms with Crippen molar-refractivity contribution in [2.24, 2.45) is 0 Å². The monoisotopic (exact) mass is 143 g/mol. The Morgan fingerprint density at radius 3 is 2.60 bits per heavy atom. The van der Waals surface area contributed by atoms with Crippen molar-refractivity contribution < 1.29 is 10.2 Å². The number of aliphatic hydroxyl groups is 2. The molecule has 2 saturated heterocycles. The molecule has 3 nitrogen and oxygen atoms in total. The van der Waals surface area contributed by atoms with Gasteiger partial charge in [-0.25, -0.2) is 0 Å². The van der Waals surface area contributed by atoms with Gasteiger partial charge in [-0.15, -0.1) is 0 Å². The third kappa shape index (κ3) is 0.944. The average molecular weight is 143 g/mol. The van der Waals surface area contributed by atoms with Crippen LogP contribution in [0.5, 0.6) is 0 Å². The van der Waals surface area contributed by atoms with Crippen LogP contribution >= 0.6 is 0 Å². The minimum absolute atomic E-state index is 0.161. The molecule has 0 aromatic heterocycles. The molecule has 0 saturated carbocycles. The highest BCUT2D eigenvalue weighted by atomic mass is 16.3. The normalized spacial score (nSPS) is 53.4. The largest absolute Gasteiger partial charge is 0.393 e. The Kier molecular flexibility index (Phi) is 1.44. The van der Waals surface area contributed by atoms with Crippen LogP contribution in [0.15, 0.2) is 0 Å². The second kappa shape index (κ2) is 2.19. The van der Waals surface area contributed by atoms with E-state index in [0.717, 1.165) is 19.3 Å². The Bertz CT molecular complexity index is 135. The molecule has 3 heteroatoms. The van der Waals surface area contributed by atoms with Crippen LogP contribution in [-0.4, -0.2) is 34.5 Å². The molecule has 2 aliphatic heterocycles. The van der Waals surface area contributed by atoms with Gasteiger partial charge in [0.15, 0.2) is 0 Å². The topological polar surface area (TPSA) is 52.5 Å². The number of aliphatic hydroxyl groups excluding tert-OH is 2. The van der Waals surface area contributed by atoms with Crippen molar-refractivity contribution in [3.05, 3.63) is 0 Å². The van der Waals surface area contributed by atoms with Crippen molar-refractivity contribution in [2.45, 2.75) is 43.6 Å². The standard InChI is InChI=1S/C7H13NO2/c9-5-1-4-2-7(10)6(3-5)8-4/h4-10H,1-3H2/t4?,5-,6?,7+/m1/s1. The van der Waals surface area contributed by atoms with Crippen molar-refractivity contribution in [1.82, 2.24) is 5.32 Å². The maximum Gasteiger partial charge on any atom is 0.0709 e. The first kappa shape index (κ1) is 6.58. The Morgan fingerprint density at radius 1 is 1.10 bits per heavy atom. The maximum atomic E-state index is 9.34. The molecule has 3 N–H and O–H groups in total. The molecule has 2 fully saturated rings. The summed E-state index contributed by atoms with van der Waals surface area (Å²) in [7, 11) is 0. The van der Waals surface area contributed by atoms with E-state index in [-0.39, 0.29) is 18.2 Å². The molecule has 58 valence electrons. The van der Waals surface area contributed by atoms with Gasteiger partial charge in [0, 0.05) is 12.1 Å². The van der Waals surface area contributed by atoms with E-state index in [1.165, 1.54) is 0 Å². The van der Waals surface area contributed by atoms with Gasteiger partial charge in [0.05, 0.1) is 12.2 Å². The fourth-order valence-corrected chi connectivity index (χ4v) is 2.04. The lowest BCUT2D eigenvalue weighted by molar-refractivity contribution is 0.0918. The molecule has 0 aromatic carbocycles. The van der Waals surface area contributed by atoms with E-state index in [9.17, 15) is 10.2 Å².